The zero-order valence-corrected chi connectivity index (χ0v) is 36.3. The molecule has 8 aromatic carbocycles. The van der Waals surface area contributed by atoms with Gasteiger partial charge in [0.05, 0.1) is 0 Å². The van der Waals surface area contributed by atoms with Crippen molar-refractivity contribution in [1.29, 1.82) is 0 Å². The molecule has 0 saturated heterocycles. The van der Waals surface area contributed by atoms with Crippen molar-refractivity contribution in [2.45, 2.75) is 54.6 Å². The van der Waals surface area contributed by atoms with E-state index in [9.17, 15) is 10.2 Å². The minimum absolute atomic E-state index is 0.164. The van der Waals surface area contributed by atoms with Crippen LogP contribution in [0.4, 0.5) is 0 Å². The van der Waals surface area contributed by atoms with Crippen LogP contribution < -0.4 is 10.2 Å². The zero-order valence-electron chi connectivity index (χ0n) is 32.8. The molecule has 0 spiro atoms. The molecule has 0 amide bonds. The van der Waals surface area contributed by atoms with Crippen molar-refractivity contribution in [3.63, 3.8) is 0 Å². The van der Waals surface area contributed by atoms with E-state index in [-0.39, 0.29) is 16.9 Å². The summed E-state index contributed by atoms with van der Waals surface area (Å²) in [5.74, 6) is 0.329. The molecule has 4 heteroatoms. The monoisotopic (exact) mass is 800 g/mol. The van der Waals surface area contributed by atoms with Crippen molar-refractivity contribution in [2.75, 3.05) is 0 Å². The van der Waals surface area contributed by atoms with Crippen LogP contribution in [-0.4, -0.2) is 5.43 Å². The maximum absolute atomic E-state index is 11.0. The molecular weight excluding hydrogens is 752 g/mol. The summed E-state index contributed by atoms with van der Waals surface area (Å²) in [5.41, 5.74) is 11.4. The van der Waals surface area contributed by atoms with Gasteiger partial charge in [0.25, 0.3) is 0 Å². The summed E-state index contributed by atoms with van der Waals surface area (Å²) >= 11 is 1.74. The molecule has 0 aromatic heterocycles. The number of aryl methyl sites for hydroxylation is 6. The van der Waals surface area contributed by atoms with E-state index in [2.05, 4.69) is 148 Å². The van der Waals surface area contributed by atoms with Crippen molar-refractivity contribution < 1.29 is 33.5 Å². The molecule has 0 unspecified atom stereocenters. The van der Waals surface area contributed by atoms with Crippen LogP contribution >= 0.6 is 0 Å². The average molecular weight is 802 g/mol. The second kappa shape index (κ2) is 20.6. The molecule has 0 atom stereocenters. The molecule has 0 aliphatic rings. The number of para-hydroxylation sites is 2. The van der Waals surface area contributed by atoms with Crippen molar-refractivity contribution >= 4 is 27.0 Å². The minimum atomic E-state index is 0.164. The zero-order chi connectivity index (χ0) is 39.2. The molecular formula is C50H50O2SiZr-2. The molecule has 0 fully saturated rings. The Morgan fingerprint density at radius 3 is 1.02 bits per heavy atom. The van der Waals surface area contributed by atoms with Crippen LogP contribution in [0.2, 0.25) is 13.1 Å². The van der Waals surface area contributed by atoms with E-state index < -0.39 is 0 Å². The fraction of sp³-hybridized carbons (Fsp3) is 0.160. The first kappa shape index (κ1) is 42.0. The Bertz CT molecular complexity index is 2190. The Morgan fingerprint density at radius 1 is 0.426 bits per heavy atom. The van der Waals surface area contributed by atoms with Gasteiger partial charge in [-0.1, -0.05) is 156 Å². The quantitative estimate of drug-likeness (QED) is 0.129. The summed E-state index contributed by atoms with van der Waals surface area (Å²) in [6, 6.07) is 54.2. The summed E-state index contributed by atoms with van der Waals surface area (Å²) in [5, 5.41) is 27.3. The Balaban J connectivity index is 0.000000160. The van der Waals surface area contributed by atoms with Gasteiger partial charge < -0.3 is 10.2 Å². The molecule has 272 valence electrons. The predicted octanol–water partition coefficient (Wildman–Crippen LogP) is 12.6. The third-order valence-corrected chi connectivity index (χ3v) is 8.78. The predicted molar refractivity (Wildman–Crippen MR) is 228 cm³/mol. The van der Waals surface area contributed by atoms with E-state index in [0.717, 1.165) is 22.3 Å². The van der Waals surface area contributed by atoms with Gasteiger partial charge >= 0.3 is 41.9 Å². The number of fused-ring (bicyclic) bond motifs is 2. The van der Waals surface area contributed by atoms with E-state index in [4.69, 9.17) is 0 Å². The van der Waals surface area contributed by atoms with E-state index in [0.29, 0.717) is 0 Å². The van der Waals surface area contributed by atoms with Gasteiger partial charge in [-0.15, -0.1) is 80.6 Å². The van der Waals surface area contributed by atoms with Crippen molar-refractivity contribution in [1.82, 2.24) is 0 Å². The van der Waals surface area contributed by atoms with Gasteiger partial charge in [-0.2, -0.15) is 12.1 Å². The van der Waals surface area contributed by atoms with Crippen LogP contribution in [-0.2, 0) is 23.3 Å². The summed E-state index contributed by atoms with van der Waals surface area (Å²) in [4.78, 5) is 0. The summed E-state index contributed by atoms with van der Waals surface area (Å²) in [7, 11) is 0. The number of hydrogen-bond donors (Lipinski definition) is 0. The van der Waals surface area contributed by atoms with E-state index >= 15 is 0 Å². The molecule has 2 nitrogen and oxygen atoms in total. The molecule has 0 bridgehead atoms. The van der Waals surface area contributed by atoms with Gasteiger partial charge in [-0.05, 0) is 38.8 Å². The maximum atomic E-state index is 11.0. The first-order chi connectivity index (χ1) is 25.8. The Labute approximate surface area is 337 Å². The van der Waals surface area contributed by atoms with Crippen LogP contribution in [0.25, 0.3) is 43.8 Å². The molecule has 0 saturated carbocycles. The molecule has 0 radical (unpaired) electrons. The van der Waals surface area contributed by atoms with Gasteiger partial charge in [0, 0.05) is 0 Å². The molecule has 8 aromatic rings. The summed E-state index contributed by atoms with van der Waals surface area (Å²) in [6.07, 6.45) is 0. The van der Waals surface area contributed by atoms with Crippen LogP contribution in [0.1, 0.15) is 33.4 Å². The second-order valence-electron chi connectivity index (χ2n) is 13.9. The minimum Gasteiger partial charge on any atom is -0.872 e. The van der Waals surface area contributed by atoms with Crippen LogP contribution in [0.5, 0.6) is 11.5 Å². The second-order valence-corrected chi connectivity index (χ2v) is 23.2. The van der Waals surface area contributed by atoms with Crippen molar-refractivity contribution in [3.8, 4) is 33.8 Å². The SMILES string of the molecule is C[Si](C)=[Zr+2].Cc1cc2c(-c3ccccc3)cccc2[cH-]1.Cc1cc2c(-c3ccccc3)cccc2[cH-]1.Cc1cccc(C)c1[O-].Cc1cccc(C)c1[O-]. The molecule has 54 heavy (non-hydrogen) atoms. The van der Waals surface area contributed by atoms with Crippen molar-refractivity contribution in [3.05, 3.63) is 191 Å². The molecule has 0 aliphatic heterocycles. The maximum Gasteiger partial charge on any atom is -0.0279 e. The van der Waals surface area contributed by atoms with Crippen LogP contribution in [0.3, 0.4) is 0 Å². The van der Waals surface area contributed by atoms with Gasteiger partial charge in [0.15, 0.2) is 0 Å². The summed E-state index contributed by atoms with van der Waals surface area (Å²) in [6.45, 7) is 16.2. The van der Waals surface area contributed by atoms with Gasteiger partial charge in [-0.25, -0.2) is 0 Å². The molecule has 8 rings (SSSR count). The first-order valence-corrected chi connectivity index (χ1v) is 24.5. The standard InChI is InChI=1S/2C16H13.2C8H10O.C2H6Si.Zr/c2*1-12-10-14-8-5-9-15(16(14)11-12)13-6-3-2-4-7-13;2*1-6-4-3-5-7(2)8(6)9;1-3-2;/h2*2-11H,1H3;2*3-5,9H,1-2H3;1-2H3;/q2*-1;;;;+2/p-2. The molecule has 0 aliphatic carbocycles. The first-order valence-electron chi connectivity index (χ1n) is 18.3. The smallest absolute Gasteiger partial charge is 0.0279 e. The topological polar surface area (TPSA) is 46.1 Å². The summed E-state index contributed by atoms with van der Waals surface area (Å²) < 4.78 is 0. The third-order valence-electron chi connectivity index (χ3n) is 8.78. The molecule has 0 N–H and O–H groups in total. The van der Waals surface area contributed by atoms with Crippen molar-refractivity contribution in [2.24, 2.45) is 0 Å². The number of rotatable bonds is 2. The number of benzene rings is 6. The van der Waals surface area contributed by atoms with E-state index in [1.807, 2.05) is 64.1 Å². The fourth-order valence-electron chi connectivity index (χ4n) is 6.11. The Morgan fingerprint density at radius 2 is 0.722 bits per heavy atom. The van der Waals surface area contributed by atoms with E-state index in [1.165, 1.54) is 54.9 Å². The van der Waals surface area contributed by atoms with Gasteiger partial charge in [-0.3, -0.25) is 0 Å². The fourth-order valence-corrected chi connectivity index (χ4v) is 6.11. The van der Waals surface area contributed by atoms with Gasteiger partial charge in [0.1, 0.15) is 0 Å². The van der Waals surface area contributed by atoms with Gasteiger partial charge in [0.2, 0.25) is 0 Å². The Hall–Kier alpha value is -4.76. The van der Waals surface area contributed by atoms with E-state index in [1.54, 1.807) is 23.3 Å². The molecule has 0 heterocycles. The third kappa shape index (κ3) is 12.1. The largest absolute Gasteiger partial charge is 0.872 e. The van der Waals surface area contributed by atoms with Crippen LogP contribution in [0, 0.1) is 41.5 Å². The number of hydrogen-bond acceptors (Lipinski definition) is 2. The Kier molecular flexibility index (Phi) is 16.0. The van der Waals surface area contributed by atoms with Crippen LogP contribution in [0.15, 0.2) is 158 Å². The average Bonchev–Trinajstić information content (AvgIpc) is 3.75. The normalized spacial score (nSPS) is 10.1.